The van der Waals surface area contributed by atoms with Crippen LogP contribution in [0.4, 0.5) is 0 Å². The Morgan fingerprint density at radius 1 is 1.43 bits per heavy atom. The molecule has 1 nitrogen and oxygen atoms in total. The maximum Gasteiger partial charge on any atom is 0.0319 e. The zero-order valence-corrected chi connectivity index (χ0v) is 9.51. The van der Waals surface area contributed by atoms with Crippen molar-refractivity contribution in [3.8, 4) is 0 Å². The third kappa shape index (κ3) is 1.66. The fourth-order valence-electron chi connectivity index (χ4n) is 2.65. The Hall–Kier alpha value is -0.560. The molecule has 0 aromatic heterocycles. The van der Waals surface area contributed by atoms with Crippen LogP contribution in [0.1, 0.15) is 33.6 Å². The highest BCUT2D eigenvalue weighted by molar-refractivity contribution is 5.38. The Balaban J connectivity index is 2.26. The summed E-state index contributed by atoms with van der Waals surface area (Å²) in [6.07, 6.45) is 7.48. The van der Waals surface area contributed by atoms with Gasteiger partial charge in [0.1, 0.15) is 0 Å². The zero-order valence-electron chi connectivity index (χ0n) is 9.51. The molecule has 14 heavy (non-hydrogen) atoms. The van der Waals surface area contributed by atoms with Gasteiger partial charge >= 0.3 is 0 Å². The van der Waals surface area contributed by atoms with Gasteiger partial charge in [-0.3, -0.25) is 0 Å². The Kier molecular flexibility index (Phi) is 2.78. The minimum Gasteiger partial charge on any atom is -0.310 e. The number of nitrogens with one attached hydrogen (secondary N) is 1. The topological polar surface area (TPSA) is 12.0 Å². The van der Waals surface area contributed by atoms with Gasteiger partial charge in [-0.05, 0) is 42.4 Å². The standard InChI is InChI=1S/C13H21N/c1-4-10-8-13-11(5-6-14-13)7-12(10)9(2)3/h7-9,11,13-14H,4-6H2,1-3H3. The van der Waals surface area contributed by atoms with E-state index in [1.54, 1.807) is 11.1 Å². The molecule has 0 spiro atoms. The van der Waals surface area contributed by atoms with E-state index in [0.29, 0.717) is 12.0 Å². The molecule has 1 aliphatic carbocycles. The highest BCUT2D eigenvalue weighted by atomic mass is 14.9. The van der Waals surface area contributed by atoms with Crippen molar-refractivity contribution in [3.63, 3.8) is 0 Å². The van der Waals surface area contributed by atoms with E-state index in [-0.39, 0.29) is 0 Å². The van der Waals surface area contributed by atoms with Gasteiger partial charge in [0.25, 0.3) is 0 Å². The molecule has 0 saturated carbocycles. The van der Waals surface area contributed by atoms with E-state index < -0.39 is 0 Å². The molecule has 1 N–H and O–H groups in total. The predicted molar refractivity (Wildman–Crippen MR) is 61.2 cm³/mol. The fraction of sp³-hybridized carbons (Fsp3) is 0.692. The van der Waals surface area contributed by atoms with Crippen LogP contribution in [0.2, 0.25) is 0 Å². The maximum absolute atomic E-state index is 3.56. The number of hydrogen-bond donors (Lipinski definition) is 1. The number of allylic oxidation sites excluding steroid dienone is 2. The Morgan fingerprint density at radius 3 is 2.86 bits per heavy atom. The minimum absolute atomic E-state index is 0.632. The van der Waals surface area contributed by atoms with E-state index >= 15 is 0 Å². The second kappa shape index (κ2) is 3.90. The first-order valence-electron chi connectivity index (χ1n) is 5.88. The molecule has 2 atom stereocenters. The quantitative estimate of drug-likeness (QED) is 0.707. The monoisotopic (exact) mass is 191 g/mol. The molecule has 2 aliphatic rings. The fourth-order valence-corrected chi connectivity index (χ4v) is 2.65. The van der Waals surface area contributed by atoms with Gasteiger partial charge in [0.15, 0.2) is 0 Å². The second-order valence-corrected chi connectivity index (χ2v) is 4.75. The maximum atomic E-state index is 3.56. The lowest BCUT2D eigenvalue weighted by atomic mass is 9.82. The molecule has 0 aromatic rings. The molecule has 1 fully saturated rings. The lowest BCUT2D eigenvalue weighted by Gasteiger charge is -2.25. The van der Waals surface area contributed by atoms with Crippen molar-refractivity contribution in [1.82, 2.24) is 5.32 Å². The van der Waals surface area contributed by atoms with Crippen molar-refractivity contribution >= 4 is 0 Å². The summed E-state index contributed by atoms with van der Waals surface area (Å²) in [5.74, 6) is 1.45. The van der Waals surface area contributed by atoms with Crippen LogP contribution in [0.25, 0.3) is 0 Å². The number of hydrogen-bond acceptors (Lipinski definition) is 1. The van der Waals surface area contributed by atoms with Crippen molar-refractivity contribution in [2.24, 2.45) is 11.8 Å². The lowest BCUT2D eigenvalue weighted by Crippen LogP contribution is -2.27. The molecule has 1 heteroatoms. The van der Waals surface area contributed by atoms with Gasteiger partial charge in [-0.15, -0.1) is 0 Å². The van der Waals surface area contributed by atoms with Crippen molar-refractivity contribution < 1.29 is 0 Å². The Labute approximate surface area is 87.3 Å². The number of rotatable bonds is 2. The van der Waals surface area contributed by atoms with Gasteiger partial charge in [-0.1, -0.05) is 32.9 Å². The van der Waals surface area contributed by atoms with Crippen molar-refractivity contribution in [2.75, 3.05) is 6.54 Å². The van der Waals surface area contributed by atoms with Crippen LogP contribution in [0.5, 0.6) is 0 Å². The average Bonchev–Trinajstić information content (AvgIpc) is 2.62. The zero-order chi connectivity index (χ0) is 10.1. The SMILES string of the molecule is CCC1=CC2NCCC2C=C1C(C)C. The molecular weight excluding hydrogens is 170 g/mol. The van der Waals surface area contributed by atoms with Crippen LogP contribution in [0, 0.1) is 11.8 Å². The van der Waals surface area contributed by atoms with Gasteiger partial charge in [0.2, 0.25) is 0 Å². The summed E-state index contributed by atoms with van der Waals surface area (Å²) in [6, 6.07) is 0.632. The van der Waals surface area contributed by atoms with Crippen LogP contribution in [-0.2, 0) is 0 Å². The van der Waals surface area contributed by atoms with Crippen molar-refractivity contribution in [1.29, 1.82) is 0 Å². The molecule has 0 bridgehead atoms. The molecule has 0 aromatic carbocycles. The van der Waals surface area contributed by atoms with E-state index in [0.717, 1.165) is 5.92 Å². The molecule has 0 amide bonds. The molecule has 2 unspecified atom stereocenters. The third-order valence-corrected chi connectivity index (χ3v) is 3.47. The van der Waals surface area contributed by atoms with E-state index in [1.807, 2.05) is 0 Å². The second-order valence-electron chi connectivity index (χ2n) is 4.75. The first-order valence-corrected chi connectivity index (χ1v) is 5.88. The molecule has 1 aliphatic heterocycles. The predicted octanol–water partition coefficient (Wildman–Crippen LogP) is 2.90. The molecular formula is C13H21N. The van der Waals surface area contributed by atoms with Crippen LogP contribution < -0.4 is 5.32 Å². The van der Waals surface area contributed by atoms with Gasteiger partial charge in [-0.2, -0.15) is 0 Å². The van der Waals surface area contributed by atoms with Crippen LogP contribution in [0.3, 0.4) is 0 Å². The van der Waals surface area contributed by atoms with Gasteiger partial charge in [0.05, 0.1) is 0 Å². The van der Waals surface area contributed by atoms with Gasteiger partial charge in [0, 0.05) is 6.04 Å². The van der Waals surface area contributed by atoms with E-state index in [4.69, 9.17) is 0 Å². The van der Waals surface area contributed by atoms with Crippen LogP contribution >= 0.6 is 0 Å². The molecule has 0 radical (unpaired) electrons. The highest BCUT2D eigenvalue weighted by Crippen LogP contribution is 2.33. The average molecular weight is 191 g/mol. The van der Waals surface area contributed by atoms with E-state index in [1.165, 1.54) is 19.4 Å². The highest BCUT2D eigenvalue weighted by Gasteiger charge is 2.28. The summed E-state index contributed by atoms with van der Waals surface area (Å²) in [5.41, 5.74) is 3.16. The van der Waals surface area contributed by atoms with E-state index in [9.17, 15) is 0 Å². The Morgan fingerprint density at radius 2 is 2.21 bits per heavy atom. The normalized spacial score (nSPS) is 31.4. The molecule has 1 saturated heterocycles. The first-order chi connectivity index (χ1) is 6.72. The molecule has 2 rings (SSSR count). The largest absolute Gasteiger partial charge is 0.310 e. The molecule has 1 heterocycles. The third-order valence-electron chi connectivity index (χ3n) is 3.47. The van der Waals surface area contributed by atoms with Crippen LogP contribution in [0.15, 0.2) is 23.3 Å². The lowest BCUT2D eigenvalue weighted by molar-refractivity contribution is 0.584. The first kappa shape index (κ1) is 9.97. The molecule has 78 valence electrons. The van der Waals surface area contributed by atoms with Crippen LogP contribution in [-0.4, -0.2) is 12.6 Å². The van der Waals surface area contributed by atoms with Crippen molar-refractivity contribution in [3.05, 3.63) is 23.3 Å². The van der Waals surface area contributed by atoms with Gasteiger partial charge < -0.3 is 5.32 Å². The van der Waals surface area contributed by atoms with Crippen molar-refractivity contribution in [2.45, 2.75) is 39.7 Å². The smallest absolute Gasteiger partial charge is 0.0319 e. The minimum atomic E-state index is 0.632. The van der Waals surface area contributed by atoms with Gasteiger partial charge in [-0.25, -0.2) is 0 Å². The summed E-state index contributed by atoms with van der Waals surface area (Å²) in [7, 11) is 0. The summed E-state index contributed by atoms with van der Waals surface area (Å²) in [5, 5.41) is 3.56. The summed E-state index contributed by atoms with van der Waals surface area (Å²) >= 11 is 0. The Bertz CT molecular complexity index is 273. The number of fused-ring (bicyclic) bond motifs is 1. The summed E-state index contributed by atoms with van der Waals surface area (Å²) in [4.78, 5) is 0. The van der Waals surface area contributed by atoms with E-state index in [2.05, 4.69) is 38.2 Å². The summed E-state index contributed by atoms with van der Waals surface area (Å²) in [6.45, 7) is 8.05. The summed E-state index contributed by atoms with van der Waals surface area (Å²) < 4.78 is 0.